The average Bonchev–Trinajstić information content (AvgIpc) is 2.89. The van der Waals surface area contributed by atoms with Crippen molar-refractivity contribution in [2.75, 3.05) is 13.2 Å². The quantitative estimate of drug-likeness (QED) is 0.379. The van der Waals surface area contributed by atoms with Crippen LogP contribution < -0.4 is 21.2 Å². The van der Waals surface area contributed by atoms with E-state index in [2.05, 4.69) is 15.5 Å². The highest BCUT2D eigenvalue weighted by Gasteiger charge is 2.10. The van der Waals surface area contributed by atoms with Crippen molar-refractivity contribution in [1.29, 1.82) is 0 Å². The molecule has 0 bridgehead atoms. The minimum atomic E-state index is -0.386. The van der Waals surface area contributed by atoms with Gasteiger partial charge in [0.25, 0.3) is 11.1 Å². The van der Waals surface area contributed by atoms with Gasteiger partial charge in [0.2, 0.25) is 5.91 Å². The third-order valence-corrected chi connectivity index (χ3v) is 5.80. The summed E-state index contributed by atoms with van der Waals surface area (Å²) in [4.78, 5) is 37.2. The van der Waals surface area contributed by atoms with Gasteiger partial charge in [-0.05, 0) is 68.8 Å². The zero-order valence-electron chi connectivity index (χ0n) is 21.1. The maximum atomic E-state index is 12.6. The molecular formula is C28H29N5O4. The number of amides is 1. The molecule has 0 radical (unpaired) electrons. The van der Waals surface area contributed by atoms with Crippen LogP contribution in [-0.2, 0) is 17.9 Å². The molecule has 37 heavy (non-hydrogen) atoms. The number of nitrogens with zero attached hydrogens (tertiary/aromatic N) is 4. The van der Waals surface area contributed by atoms with Gasteiger partial charge in [-0.15, -0.1) is 0 Å². The molecule has 0 fully saturated rings. The molecule has 0 saturated heterocycles. The second-order valence-corrected chi connectivity index (χ2v) is 8.62. The van der Waals surface area contributed by atoms with E-state index in [1.807, 2.05) is 63.2 Å². The number of aryl methyl sites for hydroxylation is 2. The van der Waals surface area contributed by atoms with Gasteiger partial charge in [-0.3, -0.25) is 14.4 Å². The Kier molecular flexibility index (Phi) is 7.92. The summed E-state index contributed by atoms with van der Waals surface area (Å²) in [6.45, 7) is 6.58. The van der Waals surface area contributed by atoms with Gasteiger partial charge in [0.15, 0.2) is 0 Å². The first kappa shape index (κ1) is 25.6. The highest BCUT2D eigenvalue weighted by atomic mass is 16.5. The van der Waals surface area contributed by atoms with Crippen molar-refractivity contribution in [1.82, 2.24) is 24.9 Å². The van der Waals surface area contributed by atoms with Crippen molar-refractivity contribution in [2.45, 2.75) is 33.9 Å². The molecular weight excluding hydrogens is 470 g/mol. The van der Waals surface area contributed by atoms with E-state index in [0.717, 1.165) is 32.7 Å². The smallest absolute Gasteiger partial charge is 0.267 e. The SMILES string of the molecule is CCOc1ccc(-c2ccc(=O)n(CCNC(=O)Cn3nc(-c4cc(C)ccc4C)ccc3=O)n2)cc1. The summed E-state index contributed by atoms with van der Waals surface area (Å²) >= 11 is 0. The lowest BCUT2D eigenvalue weighted by molar-refractivity contribution is -0.121. The summed E-state index contributed by atoms with van der Waals surface area (Å²) in [5.41, 5.74) is 4.46. The first-order valence-corrected chi connectivity index (χ1v) is 12.1. The maximum absolute atomic E-state index is 12.6. The summed E-state index contributed by atoms with van der Waals surface area (Å²) in [5, 5.41) is 11.6. The van der Waals surface area contributed by atoms with Crippen LogP contribution in [0.15, 0.2) is 76.3 Å². The van der Waals surface area contributed by atoms with Crippen LogP contribution in [0.4, 0.5) is 0 Å². The Morgan fingerprint density at radius 3 is 2.27 bits per heavy atom. The van der Waals surface area contributed by atoms with Crippen LogP contribution in [0.1, 0.15) is 18.1 Å². The summed E-state index contributed by atoms with van der Waals surface area (Å²) in [6.07, 6.45) is 0. The fraction of sp³-hybridized carbons (Fsp3) is 0.250. The van der Waals surface area contributed by atoms with Crippen molar-refractivity contribution < 1.29 is 9.53 Å². The summed E-state index contributed by atoms with van der Waals surface area (Å²) < 4.78 is 7.91. The highest BCUT2D eigenvalue weighted by Crippen LogP contribution is 2.22. The van der Waals surface area contributed by atoms with Crippen molar-refractivity contribution in [2.24, 2.45) is 0 Å². The normalized spacial score (nSPS) is 10.8. The average molecular weight is 500 g/mol. The summed E-state index contributed by atoms with van der Waals surface area (Å²) in [7, 11) is 0. The molecule has 0 unspecified atom stereocenters. The lowest BCUT2D eigenvalue weighted by atomic mass is 10.0. The number of rotatable bonds is 9. The van der Waals surface area contributed by atoms with Crippen molar-refractivity contribution in [3.8, 4) is 28.3 Å². The molecule has 1 N–H and O–H groups in total. The first-order valence-electron chi connectivity index (χ1n) is 12.1. The molecule has 0 atom stereocenters. The summed E-state index contributed by atoms with van der Waals surface area (Å²) in [5.74, 6) is 0.374. The van der Waals surface area contributed by atoms with Gasteiger partial charge >= 0.3 is 0 Å². The number of aromatic nitrogens is 4. The van der Waals surface area contributed by atoms with Gasteiger partial charge in [-0.1, -0.05) is 17.7 Å². The number of carbonyl (C=O) groups is 1. The molecule has 0 aliphatic rings. The van der Waals surface area contributed by atoms with E-state index < -0.39 is 0 Å². The van der Waals surface area contributed by atoms with Gasteiger partial charge in [0.1, 0.15) is 12.3 Å². The number of benzene rings is 2. The van der Waals surface area contributed by atoms with E-state index in [9.17, 15) is 14.4 Å². The van der Waals surface area contributed by atoms with Gasteiger partial charge in [-0.25, -0.2) is 9.36 Å². The zero-order chi connectivity index (χ0) is 26.4. The van der Waals surface area contributed by atoms with Crippen LogP contribution in [0, 0.1) is 13.8 Å². The second-order valence-electron chi connectivity index (χ2n) is 8.62. The molecule has 9 nitrogen and oxygen atoms in total. The lowest BCUT2D eigenvalue weighted by Gasteiger charge is -2.11. The monoisotopic (exact) mass is 499 g/mol. The Labute approximate surface area is 214 Å². The van der Waals surface area contributed by atoms with E-state index in [4.69, 9.17) is 4.74 Å². The minimum absolute atomic E-state index is 0.171. The number of nitrogens with one attached hydrogen (secondary N) is 1. The number of carbonyl (C=O) groups excluding carboxylic acids is 1. The molecule has 2 aromatic carbocycles. The Hall–Kier alpha value is -4.53. The van der Waals surface area contributed by atoms with Crippen molar-refractivity contribution in [3.05, 3.63) is 98.6 Å². The van der Waals surface area contributed by atoms with Gasteiger partial charge < -0.3 is 10.1 Å². The fourth-order valence-electron chi connectivity index (χ4n) is 3.86. The maximum Gasteiger partial charge on any atom is 0.267 e. The zero-order valence-corrected chi connectivity index (χ0v) is 21.1. The summed E-state index contributed by atoms with van der Waals surface area (Å²) in [6, 6.07) is 19.6. The van der Waals surface area contributed by atoms with Crippen LogP contribution >= 0.6 is 0 Å². The third-order valence-electron chi connectivity index (χ3n) is 5.80. The molecule has 0 saturated carbocycles. The van der Waals surface area contributed by atoms with Gasteiger partial charge in [0, 0.05) is 29.8 Å². The van der Waals surface area contributed by atoms with Crippen LogP contribution in [0.2, 0.25) is 0 Å². The minimum Gasteiger partial charge on any atom is -0.494 e. The Morgan fingerprint density at radius 2 is 1.54 bits per heavy atom. The highest BCUT2D eigenvalue weighted by molar-refractivity contribution is 5.75. The number of ether oxygens (including phenoxy) is 1. The molecule has 190 valence electrons. The fourth-order valence-corrected chi connectivity index (χ4v) is 3.86. The molecule has 4 rings (SSSR count). The predicted molar refractivity (Wildman–Crippen MR) is 142 cm³/mol. The van der Waals surface area contributed by atoms with Gasteiger partial charge in [0.05, 0.1) is 24.5 Å². The first-order chi connectivity index (χ1) is 17.8. The molecule has 1 amide bonds. The molecule has 2 heterocycles. The number of hydrogen-bond acceptors (Lipinski definition) is 6. The van der Waals surface area contributed by atoms with E-state index in [1.165, 1.54) is 16.8 Å². The lowest BCUT2D eigenvalue weighted by Crippen LogP contribution is -2.36. The molecule has 4 aromatic rings. The van der Waals surface area contributed by atoms with E-state index in [-0.39, 0.29) is 36.7 Å². The van der Waals surface area contributed by atoms with E-state index in [1.54, 1.807) is 12.1 Å². The molecule has 0 aliphatic carbocycles. The Bertz CT molecular complexity index is 1520. The van der Waals surface area contributed by atoms with Crippen molar-refractivity contribution in [3.63, 3.8) is 0 Å². The van der Waals surface area contributed by atoms with Crippen LogP contribution in [0.5, 0.6) is 5.75 Å². The largest absolute Gasteiger partial charge is 0.494 e. The van der Waals surface area contributed by atoms with E-state index >= 15 is 0 Å². The standard InChI is InChI=1S/C28H29N5O4/c1-4-37-22-9-7-21(8-10-22)24-11-13-27(35)32(30-24)16-15-29-26(34)18-33-28(36)14-12-25(31-33)23-17-19(2)5-6-20(23)3/h5-14,17H,4,15-16,18H2,1-3H3,(H,29,34). The van der Waals surface area contributed by atoms with Gasteiger partial charge in [-0.2, -0.15) is 10.2 Å². The van der Waals surface area contributed by atoms with Crippen LogP contribution in [-0.4, -0.2) is 38.6 Å². The van der Waals surface area contributed by atoms with E-state index in [0.29, 0.717) is 18.0 Å². The molecule has 0 spiro atoms. The predicted octanol–water partition coefficient (Wildman–Crippen LogP) is 2.97. The van der Waals surface area contributed by atoms with Crippen LogP contribution in [0.3, 0.4) is 0 Å². The second kappa shape index (κ2) is 11.5. The molecule has 2 aromatic heterocycles. The Morgan fingerprint density at radius 1 is 0.865 bits per heavy atom. The third kappa shape index (κ3) is 6.38. The topological polar surface area (TPSA) is 108 Å². The molecule has 9 heteroatoms. The van der Waals surface area contributed by atoms with Crippen molar-refractivity contribution >= 4 is 5.91 Å². The molecule has 0 aliphatic heterocycles. The Balaban J connectivity index is 1.40. The van der Waals surface area contributed by atoms with Crippen LogP contribution in [0.25, 0.3) is 22.5 Å². The number of hydrogen-bond donors (Lipinski definition) is 1.